The van der Waals surface area contributed by atoms with Crippen molar-refractivity contribution in [3.8, 4) is 0 Å². The summed E-state index contributed by atoms with van der Waals surface area (Å²) in [5, 5.41) is 85.7. The van der Waals surface area contributed by atoms with Crippen LogP contribution in [-0.2, 0) is 67.0 Å². The van der Waals surface area contributed by atoms with Crippen LogP contribution < -0.4 is 77.3 Å². The zero-order chi connectivity index (χ0) is 102. The number of aryl methyl sites for hydroxylation is 2. The Balaban J connectivity index is 0.000000224. The second-order valence-corrected chi connectivity index (χ2v) is 49.2. The molecule has 9 N–H and O–H groups in total. The zero-order valence-electron chi connectivity index (χ0n) is 86.0. The standard InChI is InChI=1S/C63H69B2N5O5Si.C50H56N4OSi.C7H8BBrO2.2ClH/c1-43(2)63(71)66-34-17-35-69(39-46-18-9-15-24-58(46)64(72)73)41-56-50-20-11-13-22-52(50)57(53-23-14-12-21-51(53)56)42-70(40-47-19-10-16-25-59(47)65(74)75)38-44-26-28-45(29-27-44)62-54-32-30-48(67(3)4)36-60(54)76(7,8)61-37-49(68(5)6)31-33-55(61)62;1-34(2)50(55)52-30-14-29-51-33-46-42-18-11-9-16-39(42)41(40-17-10-12-19-43(40)46)20-13-15-35-21-23-36(24-22-35)49-44-27-25-37(53(3)4)31-47(44)56(7,8)48-32-38(54(5)6)26-28-45(48)49;9-5-6-3-1-2-4-7(6)8(10)11;;/h9-16,18-33,36-37,72-75H,1,17,34-35,38-42H2,2-8H3;9-12,16-19,21-28,31-32,51H,1,13-15,20,29-30,33H2,2-8H3;1-4,10-11H,5H2;2*1H. The molecule has 0 radical (unpaired) electrons. The molecule has 2 aliphatic carbocycles. The molecule has 746 valence electrons. The Morgan fingerprint density at radius 2 is 0.752 bits per heavy atom. The Morgan fingerprint density at radius 3 is 1.14 bits per heavy atom. The number of nitrogens with one attached hydrogen (secondary N) is 3. The molecule has 0 fully saturated rings. The second kappa shape index (κ2) is 49.5. The van der Waals surface area contributed by atoms with Crippen LogP contribution in [-0.4, -0.2) is 192 Å². The van der Waals surface area contributed by atoms with Crippen LogP contribution in [0.15, 0.2) is 337 Å². The molecular weight excluding hydrogens is 1930 g/mol. The third-order valence-corrected chi connectivity index (χ3v) is 36.1. The number of amides is 2. The largest absolute Gasteiger partial charge is 1.00 e. The molecule has 2 heterocycles. The lowest BCUT2D eigenvalue weighted by molar-refractivity contribution is -0.462. The Labute approximate surface area is 880 Å². The molecule has 13 aromatic carbocycles. The molecule has 0 unspecified atom stereocenters. The monoisotopic (exact) mass is 2070 g/mol. The quantitative estimate of drug-likeness (QED) is 0.00460. The molecule has 25 heteroatoms. The average Bonchev–Trinajstić information content (AvgIpc) is 0.728. The maximum atomic E-state index is 12.4. The van der Waals surface area contributed by atoms with E-state index >= 15 is 0 Å². The summed E-state index contributed by atoms with van der Waals surface area (Å²) in [5.41, 5.74) is 28.0. The Kier molecular flexibility index (Phi) is 37.6. The summed E-state index contributed by atoms with van der Waals surface area (Å²) in [6, 6.07) is 89.8. The fourth-order valence-electron chi connectivity index (χ4n) is 20.7. The van der Waals surface area contributed by atoms with Crippen molar-refractivity contribution in [1.29, 1.82) is 0 Å². The summed E-state index contributed by atoms with van der Waals surface area (Å²) in [6.07, 6.45) is 18.7. The number of allylic oxidation sites excluding steroid dienone is 10. The van der Waals surface area contributed by atoms with Gasteiger partial charge in [0, 0.05) is 139 Å². The topological polar surface area (TPSA) is 211 Å². The molecule has 0 saturated carbocycles. The van der Waals surface area contributed by atoms with Gasteiger partial charge in [0.05, 0.1) is 0 Å². The highest BCUT2D eigenvalue weighted by Crippen LogP contribution is 2.46. The summed E-state index contributed by atoms with van der Waals surface area (Å²) in [4.78, 5) is 33.5. The first-order valence-electron chi connectivity index (χ1n) is 49.6. The van der Waals surface area contributed by atoms with Gasteiger partial charge in [-0.1, -0.05) is 286 Å². The third kappa shape index (κ3) is 25.3. The van der Waals surface area contributed by atoms with Gasteiger partial charge in [-0.15, -0.1) is 0 Å². The molecule has 145 heavy (non-hydrogen) atoms. The number of hydrogen-bond acceptors (Lipinski definition) is 13. The highest BCUT2D eigenvalue weighted by Gasteiger charge is 2.43. The van der Waals surface area contributed by atoms with Crippen molar-refractivity contribution in [1.82, 2.24) is 25.8 Å². The lowest BCUT2D eigenvalue weighted by Crippen LogP contribution is -3.00. The molecule has 0 atom stereocenters. The van der Waals surface area contributed by atoms with Crippen LogP contribution in [0.25, 0.3) is 54.2 Å². The highest BCUT2D eigenvalue weighted by molar-refractivity contribution is 9.08. The van der Waals surface area contributed by atoms with Crippen molar-refractivity contribution in [2.45, 2.75) is 117 Å². The summed E-state index contributed by atoms with van der Waals surface area (Å²) in [6.45, 7) is 26.9. The molecule has 0 saturated heterocycles. The number of anilines is 2. The molecule has 17 rings (SSSR count). The second-order valence-electron chi connectivity index (χ2n) is 40.0. The van der Waals surface area contributed by atoms with Crippen LogP contribution in [0.4, 0.5) is 11.4 Å². The Morgan fingerprint density at radius 1 is 0.393 bits per heavy atom. The molecule has 0 spiro atoms. The fourth-order valence-corrected chi connectivity index (χ4v) is 27.3. The number of carbonyl (C=O) groups is 2. The van der Waals surface area contributed by atoms with E-state index < -0.39 is 37.5 Å². The zero-order valence-corrected chi connectivity index (χ0v) is 91.1. The summed E-state index contributed by atoms with van der Waals surface area (Å²) in [7, 11) is 8.29. The van der Waals surface area contributed by atoms with E-state index in [0.29, 0.717) is 91.6 Å². The molecule has 0 aromatic heterocycles. The summed E-state index contributed by atoms with van der Waals surface area (Å²) in [5.74, 6) is -0.248. The van der Waals surface area contributed by atoms with Gasteiger partial charge >= 0.3 is 21.4 Å². The number of hydrogen-bond donors (Lipinski definition) is 9. The summed E-state index contributed by atoms with van der Waals surface area (Å²) < 4.78 is 4.42. The average molecular weight is 2070 g/mol. The SMILES string of the molecule is C=C(C)C(=O)NCCCN(Cc1ccccc1B(O)O)Cc1c2ccccc2c(CN(Cc2ccc(C3=C4C=CC(=[N+](C)C)C=C4[Si](C)(C)c4cc(N(C)C)ccc43)cc2)Cc2ccccc2B(O)O)c2ccccc12.C=C(C)C(=O)NCCCNCc1c2ccccc2c(CCCc2ccc(C3=C4C=CC(=[N+](C)C)C=C4[Si](C)(C)c4cc(N(C)C)ccc43)cc2)c2ccccc12.OB(O)c1ccccc1CBr.[Cl-].[Cl-]. The van der Waals surface area contributed by atoms with Gasteiger partial charge in [0.2, 0.25) is 11.8 Å². The maximum Gasteiger partial charge on any atom is 0.488 e. The summed E-state index contributed by atoms with van der Waals surface area (Å²) >= 11 is 3.25. The predicted molar refractivity (Wildman–Crippen MR) is 609 cm³/mol. The van der Waals surface area contributed by atoms with Gasteiger partial charge in [0.25, 0.3) is 0 Å². The number of halogens is 3. The lowest BCUT2D eigenvalue weighted by Gasteiger charge is -2.38. The fraction of sp³-hybridized carbons (Fsp3) is 0.250. The lowest BCUT2D eigenvalue weighted by atomic mass is 9.77. The van der Waals surface area contributed by atoms with Crippen molar-refractivity contribution >= 4 is 169 Å². The molecule has 17 nitrogen and oxygen atoms in total. The smallest absolute Gasteiger partial charge is 0.488 e. The van der Waals surface area contributed by atoms with Gasteiger partial charge in [-0.05, 0) is 264 Å². The third-order valence-electron chi connectivity index (χ3n) is 28.5. The molecule has 2 aliphatic heterocycles. The Bertz CT molecular complexity index is 7150. The van der Waals surface area contributed by atoms with Crippen molar-refractivity contribution in [2.75, 3.05) is 92.4 Å². The molecule has 4 aliphatic rings. The first-order chi connectivity index (χ1) is 68.7. The van der Waals surface area contributed by atoms with Crippen molar-refractivity contribution in [2.24, 2.45) is 0 Å². The maximum absolute atomic E-state index is 12.4. The van der Waals surface area contributed by atoms with E-state index in [-0.39, 0.29) is 36.6 Å². The normalized spacial score (nSPS) is 13.5. The van der Waals surface area contributed by atoms with E-state index in [9.17, 15) is 29.7 Å². The van der Waals surface area contributed by atoms with E-state index in [1.807, 2.05) is 48.5 Å². The van der Waals surface area contributed by atoms with E-state index in [1.165, 1.54) is 132 Å². The van der Waals surface area contributed by atoms with Gasteiger partial charge in [-0.2, -0.15) is 0 Å². The van der Waals surface area contributed by atoms with Gasteiger partial charge in [-0.25, -0.2) is 9.15 Å². The molecule has 2 amide bonds. The number of rotatable bonds is 34. The van der Waals surface area contributed by atoms with Crippen molar-refractivity contribution in [3.05, 3.63) is 409 Å². The van der Waals surface area contributed by atoms with Crippen LogP contribution in [0.3, 0.4) is 0 Å². The van der Waals surface area contributed by atoms with Gasteiger partial charge < -0.3 is 80.7 Å². The van der Waals surface area contributed by atoms with Gasteiger partial charge in [-0.3, -0.25) is 19.4 Å². The van der Waals surface area contributed by atoms with E-state index in [4.69, 9.17) is 10.0 Å². The van der Waals surface area contributed by atoms with Crippen LogP contribution in [0.1, 0.15) is 105 Å². The van der Waals surface area contributed by atoms with E-state index in [1.54, 1.807) is 38.1 Å². The highest BCUT2D eigenvalue weighted by atomic mass is 79.9. The van der Waals surface area contributed by atoms with Crippen molar-refractivity contribution in [3.63, 3.8) is 0 Å². The molecular formula is C120H135B3BrCl2N9O8Si2. The number of carbonyl (C=O) groups excluding carboxylic acids is 2. The molecule has 13 aromatic rings. The van der Waals surface area contributed by atoms with E-state index in [2.05, 4.69) is 375 Å². The van der Waals surface area contributed by atoms with E-state index in [0.717, 1.165) is 88.1 Å². The predicted octanol–water partition coefficient (Wildman–Crippen LogP) is 10.3. The molecule has 0 bridgehead atoms. The first kappa shape index (κ1) is 110. The van der Waals surface area contributed by atoms with Crippen LogP contribution >= 0.6 is 15.9 Å². The minimum absolute atomic E-state index is 0. The minimum Gasteiger partial charge on any atom is -1.00 e. The minimum atomic E-state index is -2.12. The van der Waals surface area contributed by atoms with Crippen molar-refractivity contribution < 1.29 is 73.7 Å². The number of alkyl halides is 1. The first-order valence-corrected chi connectivity index (χ1v) is 56.8. The van der Waals surface area contributed by atoms with Gasteiger partial charge in [0.1, 0.15) is 44.3 Å². The van der Waals surface area contributed by atoms with Crippen LogP contribution in [0.5, 0.6) is 0 Å². The van der Waals surface area contributed by atoms with Gasteiger partial charge in [0.15, 0.2) is 11.4 Å². The number of benzene rings is 13. The van der Waals surface area contributed by atoms with Crippen LogP contribution in [0.2, 0.25) is 26.2 Å². The number of nitrogens with zero attached hydrogens (tertiary/aromatic N) is 6. The Hall–Kier alpha value is -12.0. The van der Waals surface area contributed by atoms with Crippen LogP contribution in [0, 0.1) is 0 Å². The number of fused-ring (bicyclic) bond motifs is 8.